The smallest absolute Gasteiger partial charge is 0.191 e. The molecular weight excluding hydrogens is 424 g/mol. The standard InChI is InChI=1S/C17H26FN3O2.HI/c1-19-16(20-10-7-14-5-3-4-6-15(14)18)21-13-17(22-2)8-11-23-12-9-17;/h3-6H,7-13H2,1-2H3,(H2,19,20,21);1H. The van der Waals surface area contributed by atoms with E-state index in [1.807, 2.05) is 6.07 Å². The highest BCUT2D eigenvalue weighted by Crippen LogP contribution is 2.23. The number of hydrogen-bond donors (Lipinski definition) is 2. The maximum absolute atomic E-state index is 13.6. The Morgan fingerprint density at radius 1 is 1.29 bits per heavy atom. The molecule has 0 bridgehead atoms. The summed E-state index contributed by atoms with van der Waals surface area (Å²) < 4.78 is 24.7. The minimum absolute atomic E-state index is 0. The zero-order chi connectivity index (χ0) is 16.5. The van der Waals surface area contributed by atoms with Crippen LogP contribution in [0.3, 0.4) is 0 Å². The van der Waals surface area contributed by atoms with Gasteiger partial charge in [-0.3, -0.25) is 4.99 Å². The minimum Gasteiger partial charge on any atom is -0.381 e. The number of methoxy groups -OCH3 is 1. The highest BCUT2D eigenvalue weighted by atomic mass is 127. The molecule has 1 aliphatic rings. The molecular formula is C17H27FIN3O2. The number of halogens is 2. The molecule has 5 nitrogen and oxygen atoms in total. The second kappa shape index (κ2) is 10.8. The zero-order valence-electron chi connectivity index (χ0n) is 14.3. The summed E-state index contributed by atoms with van der Waals surface area (Å²) in [6, 6.07) is 6.83. The first kappa shape index (κ1) is 21.1. The van der Waals surface area contributed by atoms with Crippen LogP contribution in [0.2, 0.25) is 0 Å². The third-order valence-electron chi connectivity index (χ3n) is 4.28. The highest BCUT2D eigenvalue weighted by molar-refractivity contribution is 14.0. The molecule has 7 heteroatoms. The molecule has 2 rings (SSSR count). The Bertz CT molecular complexity index is 522. The van der Waals surface area contributed by atoms with E-state index in [2.05, 4.69) is 15.6 Å². The van der Waals surface area contributed by atoms with Crippen molar-refractivity contribution in [2.75, 3.05) is 40.5 Å². The summed E-state index contributed by atoms with van der Waals surface area (Å²) in [5.74, 6) is 0.530. The monoisotopic (exact) mass is 451 g/mol. The first-order valence-corrected chi connectivity index (χ1v) is 8.00. The summed E-state index contributed by atoms with van der Waals surface area (Å²) in [6.07, 6.45) is 2.34. The van der Waals surface area contributed by atoms with Gasteiger partial charge in [0.25, 0.3) is 0 Å². The fraction of sp³-hybridized carbons (Fsp3) is 0.588. The lowest BCUT2D eigenvalue weighted by molar-refractivity contribution is -0.0855. The molecule has 24 heavy (non-hydrogen) atoms. The third kappa shape index (κ3) is 6.18. The van der Waals surface area contributed by atoms with Crippen LogP contribution in [0, 0.1) is 5.82 Å². The maximum Gasteiger partial charge on any atom is 0.191 e. The van der Waals surface area contributed by atoms with Crippen LogP contribution < -0.4 is 10.6 Å². The molecule has 0 spiro atoms. The quantitative estimate of drug-likeness (QED) is 0.396. The van der Waals surface area contributed by atoms with Gasteiger partial charge in [0.2, 0.25) is 0 Å². The van der Waals surface area contributed by atoms with Crippen molar-refractivity contribution in [1.29, 1.82) is 0 Å². The van der Waals surface area contributed by atoms with Gasteiger partial charge in [-0.05, 0) is 18.1 Å². The van der Waals surface area contributed by atoms with Crippen LogP contribution in [0.4, 0.5) is 4.39 Å². The SMILES string of the molecule is CN=C(NCCc1ccccc1F)NCC1(OC)CCOCC1.I. The van der Waals surface area contributed by atoms with Gasteiger partial charge < -0.3 is 20.1 Å². The molecule has 0 saturated carbocycles. The number of aliphatic imine (C=N–C) groups is 1. The van der Waals surface area contributed by atoms with Crippen molar-refractivity contribution in [3.8, 4) is 0 Å². The van der Waals surface area contributed by atoms with Crippen LogP contribution in [0.25, 0.3) is 0 Å². The van der Waals surface area contributed by atoms with E-state index >= 15 is 0 Å². The van der Waals surface area contributed by atoms with E-state index in [4.69, 9.17) is 9.47 Å². The fourth-order valence-corrected chi connectivity index (χ4v) is 2.68. The number of rotatable bonds is 6. The number of hydrogen-bond acceptors (Lipinski definition) is 3. The molecule has 136 valence electrons. The van der Waals surface area contributed by atoms with Crippen LogP contribution in [-0.2, 0) is 15.9 Å². The maximum atomic E-state index is 13.6. The molecule has 0 aliphatic carbocycles. The van der Waals surface area contributed by atoms with Gasteiger partial charge in [0, 0.05) is 53.3 Å². The van der Waals surface area contributed by atoms with E-state index in [1.54, 1.807) is 26.3 Å². The predicted octanol–water partition coefficient (Wildman–Crippen LogP) is 2.35. The van der Waals surface area contributed by atoms with Gasteiger partial charge in [0.1, 0.15) is 5.82 Å². The molecule has 0 radical (unpaired) electrons. The zero-order valence-corrected chi connectivity index (χ0v) is 16.6. The highest BCUT2D eigenvalue weighted by Gasteiger charge is 2.32. The molecule has 2 N–H and O–H groups in total. The van der Waals surface area contributed by atoms with Crippen LogP contribution in [0.1, 0.15) is 18.4 Å². The van der Waals surface area contributed by atoms with Crippen LogP contribution in [-0.4, -0.2) is 52.0 Å². The normalized spacial score (nSPS) is 17.0. The fourth-order valence-electron chi connectivity index (χ4n) is 2.68. The molecule has 1 fully saturated rings. The number of benzene rings is 1. The Hall–Kier alpha value is -0.930. The van der Waals surface area contributed by atoms with Crippen LogP contribution in [0.5, 0.6) is 0 Å². The first-order chi connectivity index (χ1) is 11.2. The lowest BCUT2D eigenvalue weighted by Crippen LogP contribution is -2.51. The Kier molecular flexibility index (Phi) is 9.53. The molecule has 1 aromatic carbocycles. The molecule has 1 aromatic rings. The number of nitrogens with zero attached hydrogens (tertiary/aromatic N) is 1. The molecule has 0 atom stereocenters. The first-order valence-electron chi connectivity index (χ1n) is 8.00. The summed E-state index contributed by atoms with van der Waals surface area (Å²) in [4.78, 5) is 4.21. The van der Waals surface area contributed by atoms with Crippen molar-refractivity contribution in [2.45, 2.75) is 24.9 Å². The summed E-state index contributed by atoms with van der Waals surface area (Å²) in [6.45, 7) is 2.72. The van der Waals surface area contributed by atoms with Crippen LogP contribution in [0.15, 0.2) is 29.3 Å². The largest absolute Gasteiger partial charge is 0.381 e. The number of guanidine groups is 1. The van der Waals surface area contributed by atoms with Crippen LogP contribution >= 0.6 is 24.0 Å². The summed E-state index contributed by atoms with van der Waals surface area (Å²) in [5.41, 5.74) is 0.495. The molecule has 0 amide bonds. The summed E-state index contributed by atoms with van der Waals surface area (Å²) in [5, 5.41) is 6.51. The lowest BCUT2D eigenvalue weighted by atomic mass is 9.94. The predicted molar refractivity (Wildman–Crippen MR) is 105 cm³/mol. The number of nitrogens with one attached hydrogen (secondary N) is 2. The van der Waals surface area contributed by atoms with Gasteiger partial charge in [-0.15, -0.1) is 24.0 Å². The van der Waals surface area contributed by atoms with Gasteiger partial charge >= 0.3 is 0 Å². The Morgan fingerprint density at radius 2 is 2.00 bits per heavy atom. The van der Waals surface area contributed by atoms with E-state index in [-0.39, 0.29) is 35.4 Å². The van der Waals surface area contributed by atoms with Gasteiger partial charge in [0.15, 0.2) is 5.96 Å². The molecule has 1 saturated heterocycles. The average Bonchev–Trinajstić information content (AvgIpc) is 2.60. The van der Waals surface area contributed by atoms with E-state index in [0.29, 0.717) is 31.0 Å². The minimum atomic E-state index is -0.207. The van der Waals surface area contributed by atoms with Crippen molar-refractivity contribution in [3.63, 3.8) is 0 Å². The lowest BCUT2D eigenvalue weighted by Gasteiger charge is -2.36. The van der Waals surface area contributed by atoms with Crippen molar-refractivity contribution >= 4 is 29.9 Å². The Morgan fingerprint density at radius 3 is 2.62 bits per heavy atom. The van der Waals surface area contributed by atoms with E-state index in [0.717, 1.165) is 26.1 Å². The Labute approximate surface area is 160 Å². The summed E-state index contributed by atoms with van der Waals surface area (Å²) >= 11 is 0. The topological polar surface area (TPSA) is 54.9 Å². The van der Waals surface area contributed by atoms with Gasteiger partial charge in [-0.2, -0.15) is 0 Å². The van der Waals surface area contributed by atoms with E-state index in [1.165, 1.54) is 6.07 Å². The van der Waals surface area contributed by atoms with E-state index in [9.17, 15) is 4.39 Å². The van der Waals surface area contributed by atoms with Crippen molar-refractivity contribution in [2.24, 2.45) is 4.99 Å². The third-order valence-corrected chi connectivity index (χ3v) is 4.28. The molecule has 0 aromatic heterocycles. The van der Waals surface area contributed by atoms with Crippen molar-refractivity contribution < 1.29 is 13.9 Å². The van der Waals surface area contributed by atoms with Gasteiger partial charge in [-0.25, -0.2) is 4.39 Å². The van der Waals surface area contributed by atoms with Crippen molar-refractivity contribution in [1.82, 2.24) is 10.6 Å². The summed E-state index contributed by atoms with van der Waals surface area (Å²) in [7, 11) is 3.46. The average molecular weight is 451 g/mol. The van der Waals surface area contributed by atoms with Gasteiger partial charge in [0.05, 0.1) is 5.60 Å². The number of ether oxygens (including phenoxy) is 2. The van der Waals surface area contributed by atoms with Gasteiger partial charge in [-0.1, -0.05) is 18.2 Å². The second-order valence-electron chi connectivity index (χ2n) is 5.69. The Balaban J connectivity index is 0.00000288. The van der Waals surface area contributed by atoms with E-state index < -0.39 is 0 Å². The molecule has 0 unspecified atom stereocenters. The second-order valence-corrected chi connectivity index (χ2v) is 5.69. The molecule has 1 aliphatic heterocycles. The molecule has 1 heterocycles. The van der Waals surface area contributed by atoms with Crippen molar-refractivity contribution in [3.05, 3.63) is 35.6 Å².